The van der Waals surface area contributed by atoms with E-state index in [1.54, 1.807) is 0 Å². The Hall–Kier alpha value is -2.75. The van der Waals surface area contributed by atoms with Gasteiger partial charge in [-0.15, -0.1) is 0 Å². The molecule has 1 unspecified atom stereocenters. The lowest BCUT2D eigenvalue weighted by Crippen LogP contribution is -2.37. The van der Waals surface area contributed by atoms with E-state index in [0.29, 0.717) is 12.2 Å². The van der Waals surface area contributed by atoms with E-state index < -0.39 is 0 Å². The van der Waals surface area contributed by atoms with Crippen LogP contribution < -0.4 is 15.5 Å². The molecule has 0 saturated carbocycles. The minimum Gasteiger partial charge on any atom is -0.371 e. The molecule has 1 aromatic carbocycles. The monoisotopic (exact) mass is 432 g/mol. The third-order valence-corrected chi connectivity index (χ3v) is 6.62. The van der Waals surface area contributed by atoms with E-state index in [9.17, 15) is 9.18 Å². The first-order valence-electron chi connectivity index (χ1n) is 12.0. The molecule has 1 aliphatic heterocycles. The van der Waals surface area contributed by atoms with E-state index in [2.05, 4.69) is 40.3 Å². The molecule has 0 amide bonds. The number of aryl methyl sites for hydroxylation is 1. The van der Waals surface area contributed by atoms with Gasteiger partial charge in [0.2, 0.25) is 0 Å². The van der Waals surface area contributed by atoms with Gasteiger partial charge in [-0.25, -0.2) is 4.39 Å². The van der Waals surface area contributed by atoms with Crippen LogP contribution in [0.1, 0.15) is 56.9 Å². The summed E-state index contributed by atoms with van der Waals surface area (Å²) in [5.41, 5.74) is 2.36. The van der Waals surface area contributed by atoms with Crippen molar-refractivity contribution in [1.29, 1.82) is 0 Å². The maximum Gasteiger partial charge on any atom is 0.136 e. The molecular weight excluding hydrogens is 399 g/mol. The maximum absolute atomic E-state index is 13.1. The van der Waals surface area contributed by atoms with Crippen LogP contribution in [0.3, 0.4) is 0 Å². The number of carbonyl (C=O) groups is 1. The van der Waals surface area contributed by atoms with Crippen molar-refractivity contribution in [2.45, 2.75) is 57.8 Å². The molecule has 1 saturated heterocycles. The third kappa shape index (κ3) is 5.93. The molecule has 1 atom stereocenters. The second kappa shape index (κ2) is 11.2. The van der Waals surface area contributed by atoms with Crippen LogP contribution in [0.15, 0.2) is 48.7 Å². The zero-order valence-corrected chi connectivity index (χ0v) is 18.8. The first kappa shape index (κ1) is 22.4. The van der Waals surface area contributed by atoms with Crippen LogP contribution in [0.25, 0.3) is 12.2 Å². The number of hydrogen-bond acceptors (Lipinski definition) is 3. The highest BCUT2D eigenvalue weighted by Gasteiger charge is 2.23. The molecule has 4 rings (SSSR count). The summed E-state index contributed by atoms with van der Waals surface area (Å²) in [6.45, 7) is 1.90. The molecule has 4 heteroatoms. The third-order valence-electron chi connectivity index (χ3n) is 6.62. The molecule has 1 aliphatic carbocycles. The number of carbonyl (C=O) groups excluding carboxylic acids is 1. The van der Waals surface area contributed by atoms with Crippen molar-refractivity contribution >= 4 is 23.6 Å². The molecule has 2 aliphatic rings. The Morgan fingerprint density at radius 2 is 1.91 bits per heavy atom. The summed E-state index contributed by atoms with van der Waals surface area (Å²) in [6, 6.07) is 8.75. The first-order chi connectivity index (χ1) is 15.7. The second-order valence-electron chi connectivity index (χ2n) is 8.88. The topological polar surface area (TPSA) is 33.2 Å². The molecule has 1 fully saturated rings. The zero-order chi connectivity index (χ0) is 22.2. The van der Waals surface area contributed by atoms with E-state index in [1.165, 1.54) is 23.0 Å². The van der Waals surface area contributed by atoms with E-state index in [4.69, 9.17) is 0 Å². The lowest BCUT2D eigenvalue weighted by Gasteiger charge is -2.23. The van der Waals surface area contributed by atoms with Gasteiger partial charge in [-0.05, 0) is 75.1 Å². The summed E-state index contributed by atoms with van der Waals surface area (Å²) in [4.78, 5) is 20.0. The summed E-state index contributed by atoms with van der Waals surface area (Å²) in [7, 11) is 0. The van der Waals surface area contributed by atoms with Crippen molar-refractivity contribution in [3.05, 3.63) is 70.6 Å². The summed E-state index contributed by atoms with van der Waals surface area (Å²) in [5, 5.41) is 2.33. The fourth-order valence-electron chi connectivity index (χ4n) is 4.83. The molecule has 2 heterocycles. The standard InChI is InChI=1S/C28H33FN2O/c29-24-15-13-22(14-16-24)8-6-12-28(32)23-9-7-20-31(21-18-23)27-17-19-30-26-11-5-3-1-2-4-10-25(26)27/h1,3,10-11,13-17,19,23H,2,4-9,12,18,20-21H2. The number of aromatic nitrogens is 1. The van der Waals surface area contributed by atoms with Gasteiger partial charge in [-0.2, -0.15) is 0 Å². The molecule has 0 N–H and O–H groups in total. The van der Waals surface area contributed by atoms with Gasteiger partial charge < -0.3 is 4.90 Å². The SMILES string of the molecule is O=C(CCCc1ccc(F)cc1)C1CCCN(c2ccnc3c2=CCCC=CCC=3)CC1. The van der Waals surface area contributed by atoms with Gasteiger partial charge in [0, 0.05) is 42.5 Å². The Bertz CT molecular complexity index is 1060. The molecule has 0 bridgehead atoms. The van der Waals surface area contributed by atoms with Crippen molar-refractivity contribution in [3.63, 3.8) is 0 Å². The number of ketones is 1. The van der Waals surface area contributed by atoms with E-state index in [1.807, 2.05) is 18.3 Å². The minimum atomic E-state index is -0.211. The molecule has 1 aromatic heterocycles. The number of rotatable bonds is 6. The van der Waals surface area contributed by atoms with Crippen LogP contribution in [-0.2, 0) is 11.2 Å². The Kier molecular flexibility index (Phi) is 7.87. The highest BCUT2D eigenvalue weighted by atomic mass is 19.1. The van der Waals surface area contributed by atoms with Crippen LogP contribution in [0.4, 0.5) is 10.1 Å². The normalized spacial score (nSPS) is 18.9. The number of benzene rings is 1. The van der Waals surface area contributed by atoms with Crippen molar-refractivity contribution in [3.8, 4) is 0 Å². The number of Topliss-reactive ketones (excluding diaryl/α,β-unsaturated/α-hetero) is 1. The van der Waals surface area contributed by atoms with Crippen LogP contribution in [-0.4, -0.2) is 23.9 Å². The summed E-state index contributed by atoms with van der Waals surface area (Å²) in [6.07, 6.45) is 19.1. The van der Waals surface area contributed by atoms with Crippen molar-refractivity contribution in [2.24, 2.45) is 5.92 Å². The van der Waals surface area contributed by atoms with E-state index in [-0.39, 0.29) is 11.7 Å². The van der Waals surface area contributed by atoms with Gasteiger partial charge in [0.15, 0.2) is 0 Å². The van der Waals surface area contributed by atoms with E-state index >= 15 is 0 Å². The minimum absolute atomic E-state index is 0.153. The number of hydrogen-bond donors (Lipinski definition) is 0. The molecular formula is C28H33FN2O. The Balaban J connectivity index is 1.37. The van der Waals surface area contributed by atoms with Crippen molar-refractivity contribution in [1.82, 2.24) is 4.98 Å². The highest BCUT2D eigenvalue weighted by Crippen LogP contribution is 2.23. The fourth-order valence-corrected chi connectivity index (χ4v) is 4.83. The summed E-state index contributed by atoms with van der Waals surface area (Å²) < 4.78 is 13.1. The van der Waals surface area contributed by atoms with Crippen LogP contribution >= 0.6 is 0 Å². The molecule has 0 radical (unpaired) electrons. The lowest BCUT2D eigenvalue weighted by molar-refractivity contribution is -0.123. The quantitative estimate of drug-likeness (QED) is 0.620. The molecule has 3 nitrogen and oxygen atoms in total. The predicted molar refractivity (Wildman–Crippen MR) is 129 cm³/mol. The molecule has 32 heavy (non-hydrogen) atoms. The van der Waals surface area contributed by atoms with Crippen LogP contribution in [0.5, 0.6) is 0 Å². The molecule has 2 aromatic rings. The van der Waals surface area contributed by atoms with Crippen LogP contribution in [0, 0.1) is 11.7 Å². The van der Waals surface area contributed by atoms with Gasteiger partial charge in [0.25, 0.3) is 0 Å². The smallest absolute Gasteiger partial charge is 0.136 e. The fraction of sp³-hybridized carbons (Fsp3) is 0.429. The number of anilines is 1. The van der Waals surface area contributed by atoms with Gasteiger partial charge in [-0.3, -0.25) is 9.78 Å². The number of nitrogens with zero attached hydrogens (tertiary/aromatic N) is 2. The number of allylic oxidation sites excluding steroid dienone is 2. The van der Waals surface area contributed by atoms with Gasteiger partial charge in [0.05, 0.1) is 5.35 Å². The van der Waals surface area contributed by atoms with Gasteiger partial charge in [-0.1, -0.05) is 36.4 Å². The van der Waals surface area contributed by atoms with Gasteiger partial charge in [0.1, 0.15) is 11.6 Å². The maximum atomic E-state index is 13.1. The zero-order valence-electron chi connectivity index (χ0n) is 18.8. The van der Waals surface area contributed by atoms with Gasteiger partial charge >= 0.3 is 0 Å². The Morgan fingerprint density at radius 1 is 1.03 bits per heavy atom. The number of fused-ring (bicyclic) bond motifs is 1. The second-order valence-corrected chi connectivity index (χ2v) is 8.88. The number of pyridine rings is 1. The number of halogens is 1. The lowest BCUT2D eigenvalue weighted by atomic mass is 9.92. The first-order valence-corrected chi connectivity index (χ1v) is 12.0. The highest BCUT2D eigenvalue weighted by molar-refractivity contribution is 5.81. The van der Waals surface area contributed by atoms with E-state index in [0.717, 1.165) is 75.4 Å². The largest absolute Gasteiger partial charge is 0.371 e. The predicted octanol–water partition coefficient (Wildman–Crippen LogP) is 4.72. The summed E-state index contributed by atoms with van der Waals surface area (Å²) in [5.74, 6) is 0.332. The Morgan fingerprint density at radius 3 is 2.78 bits per heavy atom. The van der Waals surface area contributed by atoms with Crippen LogP contribution in [0.2, 0.25) is 0 Å². The summed E-state index contributed by atoms with van der Waals surface area (Å²) >= 11 is 0. The molecule has 168 valence electrons. The average Bonchev–Trinajstić information content (AvgIpc) is 2.98. The average molecular weight is 433 g/mol. The van der Waals surface area contributed by atoms with Crippen molar-refractivity contribution in [2.75, 3.05) is 18.0 Å². The van der Waals surface area contributed by atoms with Crippen molar-refractivity contribution < 1.29 is 9.18 Å². The Labute approximate surface area is 190 Å². The molecule has 0 spiro atoms.